The van der Waals surface area contributed by atoms with E-state index in [0.717, 1.165) is 40.2 Å². The van der Waals surface area contributed by atoms with E-state index in [9.17, 15) is 0 Å². The molecule has 0 saturated heterocycles. The molecule has 4 rings (SSSR count). The molecule has 4 aromatic rings. The third kappa shape index (κ3) is 4.20. The highest BCUT2D eigenvalue weighted by Gasteiger charge is 2.12. The number of ether oxygens (including phenoxy) is 1. The van der Waals surface area contributed by atoms with E-state index in [1.807, 2.05) is 29.9 Å². The fourth-order valence-electron chi connectivity index (χ4n) is 2.77. The molecule has 3 heterocycles. The number of thiophene rings is 1. The minimum absolute atomic E-state index is 0.725. The van der Waals surface area contributed by atoms with E-state index in [0.29, 0.717) is 0 Å². The van der Waals surface area contributed by atoms with Crippen molar-refractivity contribution in [3.63, 3.8) is 0 Å². The maximum atomic E-state index is 5.20. The summed E-state index contributed by atoms with van der Waals surface area (Å²) in [6.07, 6.45) is 2.02. The molecule has 3 aromatic heterocycles. The average Bonchev–Trinajstić information content (AvgIpc) is 3.42. The molecule has 0 atom stereocenters. The highest BCUT2D eigenvalue weighted by Crippen LogP contribution is 2.32. The molecule has 138 valence electrons. The third-order valence-electron chi connectivity index (χ3n) is 4.20. The van der Waals surface area contributed by atoms with Crippen LogP contribution in [0.25, 0.3) is 10.6 Å². The summed E-state index contributed by atoms with van der Waals surface area (Å²) in [6.45, 7) is 3.55. The zero-order valence-electron chi connectivity index (χ0n) is 15.2. The number of hydrogen-bond donors (Lipinski definition) is 1. The van der Waals surface area contributed by atoms with Gasteiger partial charge in [-0.1, -0.05) is 23.5 Å². The summed E-state index contributed by atoms with van der Waals surface area (Å²) in [7, 11) is 1.68. The zero-order chi connectivity index (χ0) is 18.6. The van der Waals surface area contributed by atoms with Gasteiger partial charge in [0.05, 0.1) is 24.2 Å². The Bertz CT molecular complexity index is 1000. The molecule has 0 fully saturated rings. The van der Waals surface area contributed by atoms with Crippen LogP contribution in [-0.2, 0) is 13.1 Å². The number of aromatic nitrogens is 3. The summed E-state index contributed by atoms with van der Waals surface area (Å²) in [5, 5.41) is 13.3. The monoisotopic (exact) mass is 396 g/mol. The number of thiazole rings is 1. The van der Waals surface area contributed by atoms with Crippen LogP contribution >= 0.6 is 22.7 Å². The van der Waals surface area contributed by atoms with Crippen molar-refractivity contribution in [3.8, 4) is 16.3 Å². The molecule has 7 heteroatoms. The lowest BCUT2D eigenvalue weighted by Gasteiger charge is -2.04. The van der Waals surface area contributed by atoms with Crippen LogP contribution in [0.4, 0.5) is 5.13 Å². The van der Waals surface area contributed by atoms with Gasteiger partial charge in [-0.05, 0) is 53.1 Å². The molecular weight excluding hydrogens is 376 g/mol. The number of hydrogen-bond acceptors (Lipinski definition) is 6. The van der Waals surface area contributed by atoms with Crippen molar-refractivity contribution >= 4 is 27.8 Å². The minimum atomic E-state index is 0.725. The van der Waals surface area contributed by atoms with E-state index >= 15 is 0 Å². The van der Waals surface area contributed by atoms with Gasteiger partial charge in [0.15, 0.2) is 5.13 Å². The predicted molar refractivity (Wildman–Crippen MR) is 112 cm³/mol. The second-order valence-corrected chi connectivity index (χ2v) is 7.94. The summed E-state index contributed by atoms with van der Waals surface area (Å²) >= 11 is 3.35. The van der Waals surface area contributed by atoms with E-state index in [2.05, 4.69) is 45.3 Å². The van der Waals surface area contributed by atoms with Gasteiger partial charge < -0.3 is 10.1 Å². The first kappa shape index (κ1) is 17.8. The van der Waals surface area contributed by atoms with Crippen LogP contribution < -0.4 is 10.1 Å². The smallest absolute Gasteiger partial charge is 0.183 e. The van der Waals surface area contributed by atoms with Crippen molar-refractivity contribution in [1.29, 1.82) is 0 Å². The first-order chi connectivity index (χ1) is 13.2. The minimum Gasteiger partial charge on any atom is -0.497 e. The highest BCUT2D eigenvalue weighted by molar-refractivity contribution is 7.19. The lowest BCUT2D eigenvalue weighted by Crippen LogP contribution is -1.98. The lowest BCUT2D eigenvalue weighted by molar-refractivity contribution is 0.414. The fraction of sp³-hybridized carbons (Fsp3) is 0.200. The molecule has 0 aliphatic rings. The van der Waals surface area contributed by atoms with Crippen LogP contribution in [0.15, 0.2) is 53.4 Å². The van der Waals surface area contributed by atoms with Crippen LogP contribution in [0.2, 0.25) is 0 Å². The predicted octanol–water partition coefficient (Wildman–Crippen LogP) is 5.05. The second-order valence-electron chi connectivity index (χ2n) is 6.17. The van der Waals surface area contributed by atoms with Gasteiger partial charge in [0.1, 0.15) is 11.4 Å². The molecule has 0 spiro atoms. The maximum Gasteiger partial charge on any atom is 0.183 e. The molecule has 0 radical (unpaired) electrons. The molecule has 0 aliphatic carbocycles. The van der Waals surface area contributed by atoms with E-state index < -0.39 is 0 Å². The van der Waals surface area contributed by atoms with Gasteiger partial charge >= 0.3 is 0 Å². The SMILES string of the molecule is COc1ccc(CNc2nc(C)c(-c3ccn(Cc4ccsc4)n3)s2)cc1. The van der Waals surface area contributed by atoms with Crippen LogP contribution in [0.5, 0.6) is 5.75 Å². The van der Waals surface area contributed by atoms with E-state index in [1.165, 1.54) is 11.1 Å². The first-order valence-electron chi connectivity index (χ1n) is 8.60. The fourth-order valence-corrected chi connectivity index (χ4v) is 4.36. The summed E-state index contributed by atoms with van der Waals surface area (Å²) in [5.41, 5.74) is 4.43. The molecule has 1 aromatic carbocycles. The van der Waals surface area contributed by atoms with Crippen LogP contribution in [-0.4, -0.2) is 21.9 Å². The molecule has 27 heavy (non-hydrogen) atoms. The van der Waals surface area contributed by atoms with Gasteiger partial charge in [-0.15, -0.1) is 0 Å². The Morgan fingerprint density at radius 3 is 2.70 bits per heavy atom. The standard InChI is InChI=1S/C20H20N4OS2/c1-14-19(18-7-9-24(23-18)12-16-8-10-26-13-16)27-20(22-14)21-11-15-3-5-17(25-2)6-4-15/h3-10,13H,11-12H2,1-2H3,(H,21,22). The van der Waals surface area contributed by atoms with Crippen molar-refractivity contribution in [2.45, 2.75) is 20.0 Å². The highest BCUT2D eigenvalue weighted by atomic mass is 32.1. The quantitative estimate of drug-likeness (QED) is 0.475. The Labute approximate surface area is 166 Å². The summed E-state index contributed by atoms with van der Waals surface area (Å²) in [5.74, 6) is 0.865. The Balaban J connectivity index is 1.44. The summed E-state index contributed by atoms with van der Waals surface area (Å²) in [4.78, 5) is 5.76. The lowest BCUT2D eigenvalue weighted by atomic mass is 10.2. The molecule has 0 bridgehead atoms. The number of benzene rings is 1. The molecule has 0 saturated carbocycles. The Morgan fingerprint density at radius 2 is 1.96 bits per heavy atom. The van der Waals surface area contributed by atoms with Crippen molar-refractivity contribution in [2.75, 3.05) is 12.4 Å². The number of methoxy groups -OCH3 is 1. The Kier molecular flexibility index (Phi) is 5.22. The van der Waals surface area contributed by atoms with Crippen LogP contribution in [0.3, 0.4) is 0 Å². The molecular formula is C20H20N4OS2. The van der Waals surface area contributed by atoms with Crippen LogP contribution in [0.1, 0.15) is 16.8 Å². The van der Waals surface area contributed by atoms with Gasteiger partial charge in [0.2, 0.25) is 0 Å². The summed E-state index contributed by atoms with van der Waals surface area (Å²) in [6, 6.07) is 12.2. The summed E-state index contributed by atoms with van der Waals surface area (Å²) < 4.78 is 7.17. The number of aryl methyl sites for hydroxylation is 1. The van der Waals surface area contributed by atoms with Crippen LogP contribution in [0, 0.1) is 6.92 Å². The molecule has 0 unspecified atom stereocenters. The van der Waals surface area contributed by atoms with Crippen molar-refractivity contribution in [2.24, 2.45) is 0 Å². The number of nitrogens with one attached hydrogen (secondary N) is 1. The van der Waals surface area contributed by atoms with Gasteiger partial charge in [0, 0.05) is 12.7 Å². The van der Waals surface area contributed by atoms with Gasteiger partial charge in [-0.3, -0.25) is 4.68 Å². The largest absolute Gasteiger partial charge is 0.497 e. The maximum absolute atomic E-state index is 5.20. The first-order valence-corrected chi connectivity index (χ1v) is 10.4. The second kappa shape index (κ2) is 7.94. The van der Waals surface area contributed by atoms with E-state index in [4.69, 9.17) is 9.84 Å². The van der Waals surface area contributed by atoms with Gasteiger partial charge in [0.25, 0.3) is 0 Å². The molecule has 0 aliphatic heterocycles. The van der Waals surface area contributed by atoms with E-state index in [1.54, 1.807) is 29.8 Å². The molecule has 1 N–H and O–H groups in total. The molecule has 5 nitrogen and oxygen atoms in total. The number of nitrogens with zero attached hydrogens (tertiary/aromatic N) is 3. The van der Waals surface area contributed by atoms with Crippen molar-refractivity contribution in [3.05, 3.63) is 70.2 Å². The number of anilines is 1. The van der Waals surface area contributed by atoms with E-state index in [-0.39, 0.29) is 0 Å². The van der Waals surface area contributed by atoms with Gasteiger partial charge in [-0.2, -0.15) is 16.4 Å². The Hall–Kier alpha value is -2.64. The Morgan fingerprint density at radius 1 is 1.11 bits per heavy atom. The zero-order valence-corrected chi connectivity index (χ0v) is 16.8. The van der Waals surface area contributed by atoms with Crippen molar-refractivity contribution in [1.82, 2.24) is 14.8 Å². The topological polar surface area (TPSA) is 52.0 Å². The normalized spacial score (nSPS) is 10.9. The average molecular weight is 397 g/mol. The number of rotatable bonds is 7. The molecule has 0 amide bonds. The van der Waals surface area contributed by atoms with Gasteiger partial charge in [-0.25, -0.2) is 4.98 Å². The van der Waals surface area contributed by atoms with Crippen molar-refractivity contribution < 1.29 is 4.74 Å². The third-order valence-corrected chi connectivity index (χ3v) is 6.07.